The first kappa shape index (κ1) is 9.30. The molecule has 0 N–H and O–H groups in total. The van der Waals surface area contributed by atoms with Gasteiger partial charge in [0, 0.05) is 25.1 Å². The van der Waals surface area contributed by atoms with E-state index in [0.29, 0.717) is 6.42 Å². The summed E-state index contributed by atoms with van der Waals surface area (Å²) in [7, 11) is 0. The predicted octanol–water partition coefficient (Wildman–Crippen LogP) is 2.17. The minimum absolute atomic E-state index is 0.0902. The molecule has 1 aliphatic heterocycles. The molecule has 0 aromatic rings. The van der Waals surface area contributed by atoms with E-state index in [0.717, 1.165) is 18.7 Å². The summed E-state index contributed by atoms with van der Waals surface area (Å²) in [4.78, 5) is 13.3. The van der Waals surface area contributed by atoms with Crippen LogP contribution in [-0.2, 0) is 4.79 Å². The molecule has 0 radical (unpaired) electrons. The van der Waals surface area contributed by atoms with Crippen LogP contribution in [0, 0.1) is 5.41 Å². The van der Waals surface area contributed by atoms with Gasteiger partial charge in [0.25, 0.3) is 0 Å². The average Bonchev–Trinajstić information content (AvgIpc) is 1.79. The van der Waals surface area contributed by atoms with Gasteiger partial charge < -0.3 is 4.90 Å². The molecule has 0 bridgehead atoms. The minimum atomic E-state index is 0.0902. The van der Waals surface area contributed by atoms with Crippen LogP contribution in [0.1, 0.15) is 33.6 Å². The fraction of sp³-hybridized carbons (Fsp3) is 0.700. The van der Waals surface area contributed by atoms with Crippen molar-refractivity contribution in [3.05, 3.63) is 12.3 Å². The molecular weight excluding hydrogens is 150 g/mol. The lowest BCUT2D eigenvalue weighted by Crippen LogP contribution is -2.40. The lowest BCUT2D eigenvalue weighted by atomic mass is 9.91. The zero-order chi connectivity index (χ0) is 9.35. The van der Waals surface area contributed by atoms with Crippen LogP contribution in [0.15, 0.2) is 12.3 Å². The fourth-order valence-corrected chi connectivity index (χ4v) is 1.23. The second kappa shape index (κ2) is 2.92. The summed E-state index contributed by atoms with van der Waals surface area (Å²) in [6.45, 7) is 10.9. The maximum absolute atomic E-state index is 11.5. The quantitative estimate of drug-likeness (QED) is 0.586. The average molecular weight is 167 g/mol. The third kappa shape index (κ3) is 2.10. The first-order valence-corrected chi connectivity index (χ1v) is 4.38. The third-order valence-corrected chi connectivity index (χ3v) is 1.99. The minimum Gasteiger partial charge on any atom is -0.316 e. The molecule has 0 spiro atoms. The molecule has 12 heavy (non-hydrogen) atoms. The number of hydrogen-bond acceptors (Lipinski definition) is 1. The maximum atomic E-state index is 11.5. The first-order chi connectivity index (χ1) is 5.40. The van der Waals surface area contributed by atoms with E-state index in [9.17, 15) is 4.79 Å². The lowest BCUT2D eigenvalue weighted by molar-refractivity contribution is -0.133. The summed E-state index contributed by atoms with van der Waals surface area (Å²) in [6.07, 6.45) is 1.60. The van der Waals surface area contributed by atoms with Gasteiger partial charge in [0.05, 0.1) is 0 Å². The molecule has 2 heteroatoms. The van der Waals surface area contributed by atoms with Crippen LogP contribution in [0.4, 0.5) is 0 Å². The summed E-state index contributed by atoms with van der Waals surface area (Å²) in [5.41, 5.74) is 1.07. The van der Waals surface area contributed by atoms with Gasteiger partial charge in [-0.1, -0.05) is 27.4 Å². The largest absolute Gasteiger partial charge is 0.316 e. The van der Waals surface area contributed by atoms with Gasteiger partial charge in [0.15, 0.2) is 0 Å². The fourth-order valence-electron chi connectivity index (χ4n) is 1.23. The van der Waals surface area contributed by atoms with Gasteiger partial charge in [-0.25, -0.2) is 0 Å². The second-order valence-corrected chi connectivity index (χ2v) is 4.60. The first-order valence-electron chi connectivity index (χ1n) is 4.38. The molecular formula is C10H17NO. The van der Waals surface area contributed by atoms with Crippen molar-refractivity contribution in [1.82, 2.24) is 4.90 Å². The number of likely N-dealkylation sites (tertiary alicyclic amines) is 1. The monoisotopic (exact) mass is 167 g/mol. The maximum Gasteiger partial charge on any atom is 0.227 e. The van der Waals surface area contributed by atoms with E-state index in [1.165, 1.54) is 0 Å². The van der Waals surface area contributed by atoms with Gasteiger partial charge in [0.1, 0.15) is 0 Å². The van der Waals surface area contributed by atoms with Crippen LogP contribution < -0.4 is 0 Å². The number of rotatable bonds is 1. The highest BCUT2D eigenvalue weighted by Gasteiger charge is 2.27. The predicted molar refractivity (Wildman–Crippen MR) is 49.5 cm³/mol. The Bertz CT molecular complexity index is 212. The molecule has 0 unspecified atom stereocenters. The second-order valence-electron chi connectivity index (χ2n) is 4.60. The van der Waals surface area contributed by atoms with Crippen molar-refractivity contribution < 1.29 is 4.79 Å². The van der Waals surface area contributed by atoms with Crippen LogP contribution >= 0.6 is 0 Å². The Morgan fingerprint density at radius 2 is 2.17 bits per heavy atom. The summed E-state index contributed by atoms with van der Waals surface area (Å²) >= 11 is 0. The number of carbonyl (C=O) groups is 1. The van der Waals surface area contributed by atoms with Crippen molar-refractivity contribution in [2.45, 2.75) is 33.6 Å². The van der Waals surface area contributed by atoms with Gasteiger partial charge in [0.2, 0.25) is 5.91 Å². The third-order valence-electron chi connectivity index (χ3n) is 1.99. The van der Waals surface area contributed by atoms with Gasteiger partial charge in [-0.05, 0) is 5.41 Å². The van der Waals surface area contributed by atoms with Crippen LogP contribution in [0.2, 0.25) is 0 Å². The van der Waals surface area contributed by atoms with Crippen molar-refractivity contribution in [1.29, 1.82) is 0 Å². The Kier molecular flexibility index (Phi) is 2.27. The van der Waals surface area contributed by atoms with Crippen molar-refractivity contribution in [3.8, 4) is 0 Å². The molecule has 1 fully saturated rings. The highest BCUT2D eigenvalue weighted by molar-refractivity contribution is 5.79. The summed E-state index contributed by atoms with van der Waals surface area (Å²) < 4.78 is 0. The molecule has 1 heterocycles. The van der Waals surface area contributed by atoms with E-state index >= 15 is 0 Å². The van der Waals surface area contributed by atoms with E-state index in [-0.39, 0.29) is 11.3 Å². The van der Waals surface area contributed by atoms with Gasteiger partial charge >= 0.3 is 0 Å². The number of hydrogen-bond donors (Lipinski definition) is 0. The van der Waals surface area contributed by atoms with Gasteiger partial charge in [-0.2, -0.15) is 0 Å². The molecule has 1 amide bonds. The Labute approximate surface area is 74.2 Å². The SMILES string of the molecule is C=C1CCN1C(=O)CC(C)(C)C. The topological polar surface area (TPSA) is 20.3 Å². The van der Waals surface area contributed by atoms with E-state index in [2.05, 4.69) is 27.4 Å². The smallest absolute Gasteiger partial charge is 0.227 e. The highest BCUT2D eigenvalue weighted by atomic mass is 16.2. The molecule has 0 saturated carbocycles. The molecule has 0 aromatic heterocycles. The standard InChI is InChI=1S/C10H17NO/c1-8-5-6-11(8)9(12)7-10(2,3)4/h1,5-7H2,2-4H3. The Hall–Kier alpha value is -0.790. The van der Waals surface area contributed by atoms with Crippen molar-refractivity contribution in [3.63, 3.8) is 0 Å². The highest BCUT2D eigenvalue weighted by Crippen LogP contribution is 2.25. The zero-order valence-electron chi connectivity index (χ0n) is 8.18. The number of nitrogens with zero attached hydrogens (tertiary/aromatic N) is 1. The summed E-state index contributed by atoms with van der Waals surface area (Å²) in [6, 6.07) is 0. The van der Waals surface area contributed by atoms with Crippen LogP contribution in [0.3, 0.4) is 0 Å². The van der Waals surface area contributed by atoms with Crippen molar-refractivity contribution in [2.24, 2.45) is 5.41 Å². The Morgan fingerprint density at radius 1 is 1.58 bits per heavy atom. The van der Waals surface area contributed by atoms with E-state index in [4.69, 9.17) is 0 Å². The van der Waals surface area contributed by atoms with E-state index < -0.39 is 0 Å². The van der Waals surface area contributed by atoms with Crippen molar-refractivity contribution >= 4 is 5.91 Å². The lowest BCUT2D eigenvalue weighted by Gasteiger charge is -2.35. The van der Waals surface area contributed by atoms with E-state index in [1.807, 2.05) is 0 Å². The summed E-state index contributed by atoms with van der Waals surface area (Å²) in [5.74, 6) is 0.221. The van der Waals surface area contributed by atoms with Gasteiger partial charge in [-0.3, -0.25) is 4.79 Å². The molecule has 1 saturated heterocycles. The molecule has 0 aliphatic carbocycles. The molecule has 0 atom stereocenters. The van der Waals surface area contributed by atoms with Crippen LogP contribution in [0.25, 0.3) is 0 Å². The Balaban J connectivity index is 2.44. The van der Waals surface area contributed by atoms with E-state index in [1.54, 1.807) is 4.90 Å². The van der Waals surface area contributed by atoms with Gasteiger partial charge in [-0.15, -0.1) is 0 Å². The molecule has 0 aromatic carbocycles. The molecule has 1 aliphatic rings. The normalized spacial score (nSPS) is 17.6. The molecule has 68 valence electrons. The van der Waals surface area contributed by atoms with Crippen molar-refractivity contribution in [2.75, 3.05) is 6.54 Å². The van der Waals surface area contributed by atoms with Crippen LogP contribution in [-0.4, -0.2) is 17.4 Å². The molecule has 1 rings (SSSR count). The number of carbonyl (C=O) groups excluding carboxylic acids is 1. The Morgan fingerprint density at radius 3 is 2.42 bits per heavy atom. The van der Waals surface area contributed by atoms with Crippen LogP contribution in [0.5, 0.6) is 0 Å². The molecule has 2 nitrogen and oxygen atoms in total. The zero-order valence-corrected chi connectivity index (χ0v) is 8.18. The number of amides is 1. The summed E-state index contributed by atoms with van der Waals surface area (Å²) in [5, 5.41) is 0.